The fourth-order valence-electron chi connectivity index (χ4n) is 3.28. The van der Waals surface area contributed by atoms with Crippen LogP contribution in [0.3, 0.4) is 0 Å². The van der Waals surface area contributed by atoms with Crippen LogP contribution in [0.5, 0.6) is 0 Å². The molecule has 1 amide bonds. The van der Waals surface area contributed by atoms with Crippen molar-refractivity contribution in [3.8, 4) is 11.4 Å². The van der Waals surface area contributed by atoms with Gasteiger partial charge in [-0.2, -0.15) is 0 Å². The fraction of sp³-hybridized carbons (Fsp3) is 0.417. The summed E-state index contributed by atoms with van der Waals surface area (Å²) in [5, 5.41) is 6.63. The van der Waals surface area contributed by atoms with Crippen LogP contribution >= 0.6 is 11.6 Å². The average Bonchev–Trinajstić information content (AvgIpc) is 3.15. The van der Waals surface area contributed by atoms with Crippen molar-refractivity contribution in [2.45, 2.75) is 46.2 Å². The number of anilines is 2. The summed E-state index contributed by atoms with van der Waals surface area (Å²) < 4.78 is 2.09. The Balaban J connectivity index is 1.75. The number of likely N-dealkylation sites (N-methyl/N-ethyl adjacent to an activating group) is 1. The number of hydrogen-bond acceptors (Lipinski definition) is 6. The number of rotatable bonds is 8. The van der Waals surface area contributed by atoms with Crippen molar-refractivity contribution in [3.63, 3.8) is 0 Å². The number of carbonyl (C=O) groups is 1. The van der Waals surface area contributed by atoms with E-state index in [0.717, 1.165) is 17.2 Å². The molecule has 33 heavy (non-hydrogen) atoms. The third-order valence-corrected chi connectivity index (χ3v) is 6.06. The van der Waals surface area contributed by atoms with Crippen molar-refractivity contribution in [1.82, 2.24) is 29.7 Å². The predicted molar refractivity (Wildman–Crippen MR) is 133 cm³/mol. The second-order valence-electron chi connectivity index (χ2n) is 9.14. The van der Waals surface area contributed by atoms with E-state index in [1.807, 2.05) is 33.2 Å². The molecule has 0 unspecified atom stereocenters. The summed E-state index contributed by atoms with van der Waals surface area (Å²) in [5.74, 6) is 1.19. The van der Waals surface area contributed by atoms with Crippen molar-refractivity contribution < 1.29 is 4.79 Å². The molecule has 0 aliphatic rings. The monoisotopic (exact) mass is 469 g/mol. The molecular formula is C24H32ClN7O. The molecule has 9 heteroatoms. The van der Waals surface area contributed by atoms with Crippen LogP contribution in [-0.4, -0.2) is 56.5 Å². The van der Waals surface area contributed by atoms with Gasteiger partial charge in [0.2, 0.25) is 5.95 Å². The topological polar surface area (TPSA) is 88.0 Å². The SMILES string of the molecule is Cc1ncc(-c2nc(Nc3ccc(C(=O)NCC(C)(C)N(C)C)cc3)ncc2Cl)n1C(C)C. The smallest absolute Gasteiger partial charge is 0.251 e. The number of imidazole rings is 1. The second kappa shape index (κ2) is 9.89. The summed E-state index contributed by atoms with van der Waals surface area (Å²) in [6.45, 7) is 10.8. The lowest BCUT2D eigenvalue weighted by Crippen LogP contribution is -2.48. The van der Waals surface area contributed by atoms with E-state index in [4.69, 9.17) is 11.6 Å². The third kappa shape index (κ3) is 5.69. The molecule has 1 aromatic carbocycles. The molecule has 0 aliphatic carbocycles. The highest BCUT2D eigenvalue weighted by Gasteiger charge is 2.21. The van der Waals surface area contributed by atoms with Gasteiger partial charge in [-0.25, -0.2) is 15.0 Å². The van der Waals surface area contributed by atoms with E-state index >= 15 is 0 Å². The lowest BCUT2D eigenvalue weighted by Gasteiger charge is -2.32. The molecule has 8 nitrogen and oxygen atoms in total. The lowest BCUT2D eigenvalue weighted by molar-refractivity contribution is 0.0919. The first-order valence-corrected chi connectivity index (χ1v) is 11.3. The van der Waals surface area contributed by atoms with Gasteiger partial charge in [0.05, 0.1) is 23.1 Å². The van der Waals surface area contributed by atoms with Crippen molar-refractivity contribution in [1.29, 1.82) is 0 Å². The van der Waals surface area contributed by atoms with Crippen molar-refractivity contribution in [2.24, 2.45) is 0 Å². The summed E-state index contributed by atoms with van der Waals surface area (Å²) >= 11 is 6.42. The summed E-state index contributed by atoms with van der Waals surface area (Å²) in [5.41, 5.74) is 2.67. The predicted octanol–water partition coefficient (Wildman–Crippen LogP) is 4.70. The van der Waals surface area contributed by atoms with Crippen LogP contribution in [0, 0.1) is 6.92 Å². The zero-order valence-corrected chi connectivity index (χ0v) is 21.0. The van der Waals surface area contributed by atoms with Gasteiger partial charge in [-0.15, -0.1) is 0 Å². The summed E-state index contributed by atoms with van der Waals surface area (Å²) in [6, 6.07) is 7.41. The standard InChI is InChI=1S/C24H32ClN7O/c1-15(2)32-16(3)26-13-20(32)21-19(25)12-27-23(30-21)29-18-10-8-17(9-11-18)22(33)28-14-24(4,5)31(6)7/h8-13,15H,14H2,1-7H3,(H,28,33)(H,27,29,30). The van der Waals surface area contributed by atoms with E-state index in [2.05, 4.69) is 62.7 Å². The Morgan fingerprint density at radius 2 is 1.82 bits per heavy atom. The van der Waals surface area contributed by atoms with Gasteiger partial charge in [0, 0.05) is 29.4 Å². The van der Waals surface area contributed by atoms with Crippen LogP contribution in [0.25, 0.3) is 11.4 Å². The Kier molecular flexibility index (Phi) is 7.39. The van der Waals surface area contributed by atoms with Gasteiger partial charge in [-0.05, 0) is 73.0 Å². The molecule has 2 heterocycles. The molecule has 0 radical (unpaired) electrons. The Bertz CT molecular complexity index is 1120. The van der Waals surface area contributed by atoms with E-state index in [1.165, 1.54) is 0 Å². The van der Waals surface area contributed by atoms with Gasteiger partial charge in [0.15, 0.2) is 0 Å². The first kappa shape index (κ1) is 24.7. The minimum atomic E-state index is -0.135. The molecule has 3 aromatic rings. The molecule has 0 fully saturated rings. The fourth-order valence-corrected chi connectivity index (χ4v) is 3.47. The molecule has 0 aliphatic heterocycles. The molecular weight excluding hydrogens is 438 g/mol. The lowest BCUT2D eigenvalue weighted by atomic mass is 10.0. The van der Waals surface area contributed by atoms with Gasteiger partial charge >= 0.3 is 0 Å². The largest absolute Gasteiger partial charge is 0.350 e. The highest BCUT2D eigenvalue weighted by atomic mass is 35.5. The van der Waals surface area contributed by atoms with Crippen molar-refractivity contribution in [3.05, 3.63) is 53.1 Å². The van der Waals surface area contributed by atoms with E-state index in [9.17, 15) is 4.79 Å². The highest BCUT2D eigenvalue weighted by Crippen LogP contribution is 2.30. The van der Waals surface area contributed by atoms with E-state index < -0.39 is 0 Å². The van der Waals surface area contributed by atoms with Crippen LogP contribution in [0.15, 0.2) is 36.7 Å². The zero-order chi connectivity index (χ0) is 24.3. The molecule has 0 spiro atoms. The highest BCUT2D eigenvalue weighted by molar-refractivity contribution is 6.32. The quantitative estimate of drug-likeness (QED) is 0.497. The summed E-state index contributed by atoms with van der Waals surface area (Å²) in [4.78, 5) is 27.9. The minimum absolute atomic E-state index is 0.112. The molecule has 176 valence electrons. The normalized spacial score (nSPS) is 11.8. The molecule has 0 atom stereocenters. The molecule has 2 N–H and O–H groups in total. The van der Waals surface area contributed by atoms with Gasteiger partial charge in [-0.1, -0.05) is 11.6 Å². The van der Waals surface area contributed by atoms with Crippen LogP contribution in [0.4, 0.5) is 11.6 Å². The number of benzene rings is 1. The number of amides is 1. The molecule has 0 bridgehead atoms. The maximum Gasteiger partial charge on any atom is 0.251 e. The van der Waals surface area contributed by atoms with Gasteiger partial charge in [-0.3, -0.25) is 4.79 Å². The average molecular weight is 470 g/mol. The van der Waals surface area contributed by atoms with Gasteiger partial charge in [0.1, 0.15) is 11.5 Å². The Morgan fingerprint density at radius 3 is 2.42 bits per heavy atom. The number of halogens is 1. The maximum absolute atomic E-state index is 12.5. The summed E-state index contributed by atoms with van der Waals surface area (Å²) in [7, 11) is 3.99. The van der Waals surface area contributed by atoms with Crippen molar-refractivity contribution in [2.75, 3.05) is 26.0 Å². The van der Waals surface area contributed by atoms with Crippen LogP contribution in [0.2, 0.25) is 5.02 Å². The first-order valence-electron chi connectivity index (χ1n) is 10.9. The number of aromatic nitrogens is 4. The summed E-state index contributed by atoms with van der Waals surface area (Å²) in [6.07, 6.45) is 3.35. The number of aryl methyl sites for hydroxylation is 1. The van der Waals surface area contributed by atoms with E-state index in [0.29, 0.717) is 28.8 Å². The maximum atomic E-state index is 12.5. The third-order valence-electron chi connectivity index (χ3n) is 5.78. The van der Waals surface area contributed by atoms with E-state index in [-0.39, 0.29) is 17.5 Å². The molecule has 0 saturated heterocycles. The van der Waals surface area contributed by atoms with Crippen LogP contribution in [-0.2, 0) is 0 Å². The van der Waals surface area contributed by atoms with Crippen LogP contribution in [0.1, 0.15) is 49.9 Å². The number of hydrogen-bond donors (Lipinski definition) is 2. The first-order chi connectivity index (χ1) is 15.5. The van der Waals surface area contributed by atoms with Crippen molar-refractivity contribution >= 4 is 29.1 Å². The van der Waals surface area contributed by atoms with E-state index in [1.54, 1.807) is 24.5 Å². The Hall–Kier alpha value is -2.97. The van der Waals surface area contributed by atoms with Gasteiger partial charge in [0.25, 0.3) is 5.91 Å². The molecule has 3 rings (SSSR count). The zero-order valence-electron chi connectivity index (χ0n) is 20.3. The second-order valence-corrected chi connectivity index (χ2v) is 9.54. The molecule has 0 saturated carbocycles. The number of nitrogens with one attached hydrogen (secondary N) is 2. The number of carbonyl (C=O) groups excluding carboxylic acids is 1. The van der Waals surface area contributed by atoms with Gasteiger partial charge < -0.3 is 20.1 Å². The van der Waals surface area contributed by atoms with Crippen LogP contribution < -0.4 is 10.6 Å². The molecule has 2 aromatic heterocycles. The Labute approximate surface area is 200 Å². The number of nitrogens with zero attached hydrogens (tertiary/aromatic N) is 5. The Morgan fingerprint density at radius 1 is 1.15 bits per heavy atom. The minimum Gasteiger partial charge on any atom is -0.350 e.